The van der Waals surface area contributed by atoms with Crippen LogP contribution in [0, 0.1) is 11.7 Å². The Kier molecular flexibility index (Phi) is 6.27. The highest BCUT2D eigenvalue weighted by Gasteiger charge is 2.21. The number of benzene rings is 3. The number of fused-ring (bicyclic) bond motifs is 1. The summed E-state index contributed by atoms with van der Waals surface area (Å²) in [4.78, 5) is 18.7. The first-order valence-corrected chi connectivity index (χ1v) is 11.4. The molecular weight excluding hydrogens is 433 g/mol. The normalized spacial score (nSPS) is 15.9. The summed E-state index contributed by atoms with van der Waals surface area (Å²) in [5.74, 6) is 2.24. The molecule has 1 N–H and O–H groups in total. The number of halogens is 1. The van der Waals surface area contributed by atoms with E-state index in [-0.39, 0.29) is 11.4 Å². The molecule has 34 heavy (non-hydrogen) atoms. The van der Waals surface area contributed by atoms with Crippen LogP contribution in [-0.2, 0) is 6.54 Å². The Morgan fingerprint density at radius 2 is 1.88 bits per heavy atom. The zero-order valence-corrected chi connectivity index (χ0v) is 19.0. The van der Waals surface area contributed by atoms with Gasteiger partial charge in [0.05, 0.1) is 23.6 Å². The van der Waals surface area contributed by atoms with Gasteiger partial charge in [0.25, 0.3) is 5.56 Å². The van der Waals surface area contributed by atoms with E-state index in [0.29, 0.717) is 46.4 Å². The van der Waals surface area contributed by atoms with Crippen LogP contribution in [0.15, 0.2) is 71.5 Å². The zero-order chi connectivity index (χ0) is 23.5. The molecule has 6 nitrogen and oxygen atoms in total. The number of rotatable bonds is 6. The Bertz CT molecular complexity index is 1360. The monoisotopic (exact) mass is 459 g/mol. The Labute approximate surface area is 197 Å². The van der Waals surface area contributed by atoms with E-state index in [1.165, 1.54) is 12.1 Å². The maximum absolute atomic E-state index is 13.8. The van der Waals surface area contributed by atoms with Crippen molar-refractivity contribution in [3.05, 3.63) is 82.9 Å². The maximum Gasteiger partial charge on any atom is 0.261 e. The van der Waals surface area contributed by atoms with Gasteiger partial charge in [0.1, 0.15) is 28.9 Å². The Hall–Kier alpha value is -3.71. The quantitative estimate of drug-likeness (QED) is 0.439. The number of hydrogen-bond acceptors (Lipinski definition) is 5. The fraction of sp³-hybridized carbons (Fsp3) is 0.259. The molecule has 5 rings (SSSR count). The molecule has 1 saturated heterocycles. The first-order chi connectivity index (χ1) is 16.6. The summed E-state index contributed by atoms with van der Waals surface area (Å²) in [5.41, 5.74) is 1.23. The molecule has 0 spiro atoms. The van der Waals surface area contributed by atoms with Gasteiger partial charge in [-0.15, -0.1) is 0 Å². The third kappa shape index (κ3) is 4.52. The van der Waals surface area contributed by atoms with Crippen LogP contribution >= 0.6 is 0 Å². The number of ether oxygens (including phenoxy) is 2. The largest absolute Gasteiger partial charge is 0.496 e. The van der Waals surface area contributed by atoms with Crippen LogP contribution in [0.2, 0.25) is 0 Å². The van der Waals surface area contributed by atoms with Crippen molar-refractivity contribution in [1.82, 2.24) is 14.9 Å². The maximum atomic E-state index is 13.8. The highest BCUT2D eigenvalue weighted by molar-refractivity contribution is 5.82. The molecule has 2 heterocycles. The fourth-order valence-electron chi connectivity index (χ4n) is 4.44. The van der Waals surface area contributed by atoms with Gasteiger partial charge in [0.15, 0.2) is 0 Å². The fourth-order valence-corrected chi connectivity index (χ4v) is 4.44. The molecular formula is C27H26FN3O3. The first kappa shape index (κ1) is 22.1. The van der Waals surface area contributed by atoms with E-state index in [4.69, 9.17) is 14.5 Å². The Balaban J connectivity index is 1.62. The van der Waals surface area contributed by atoms with E-state index in [1.54, 1.807) is 42.0 Å². The van der Waals surface area contributed by atoms with Crippen LogP contribution < -0.4 is 20.3 Å². The number of nitrogens with one attached hydrogen (secondary N) is 1. The van der Waals surface area contributed by atoms with Gasteiger partial charge in [-0.05, 0) is 86.4 Å². The zero-order valence-electron chi connectivity index (χ0n) is 19.0. The van der Waals surface area contributed by atoms with Crippen LogP contribution in [-0.4, -0.2) is 29.8 Å². The van der Waals surface area contributed by atoms with Gasteiger partial charge in [-0.1, -0.05) is 12.1 Å². The summed E-state index contributed by atoms with van der Waals surface area (Å²) >= 11 is 0. The Morgan fingerprint density at radius 3 is 2.65 bits per heavy atom. The third-order valence-corrected chi connectivity index (χ3v) is 6.16. The summed E-state index contributed by atoms with van der Waals surface area (Å²) < 4.78 is 26.4. The van der Waals surface area contributed by atoms with Gasteiger partial charge in [-0.2, -0.15) is 0 Å². The lowest BCUT2D eigenvalue weighted by atomic mass is 9.99. The van der Waals surface area contributed by atoms with E-state index in [2.05, 4.69) is 5.32 Å². The van der Waals surface area contributed by atoms with Gasteiger partial charge in [-0.3, -0.25) is 9.36 Å². The first-order valence-electron chi connectivity index (χ1n) is 11.4. The Morgan fingerprint density at radius 1 is 1.09 bits per heavy atom. The van der Waals surface area contributed by atoms with E-state index in [0.717, 1.165) is 31.5 Å². The van der Waals surface area contributed by atoms with E-state index >= 15 is 0 Å². The highest BCUT2D eigenvalue weighted by atomic mass is 19.1. The molecule has 7 heteroatoms. The van der Waals surface area contributed by atoms with E-state index in [1.807, 2.05) is 24.3 Å². The number of para-hydroxylation sites is 1. The van der Waals surface area contributed by atoms with Crippen molar-refractivity contribution in [2.24, 2.45) is 5.92 Å². The standard InChI is InChI=1S/C27H26FN3O3/c1-33-25-7-3-2-6-22(25)26-30-24-13-12-21(34-20-10-8-19(28)9-11-20)15-23(24)27(32)31(26)17-18-5-4-14-29-16-18/h2-3,6-13,15,18,29H,4-5,14,16-17H2,1H3. The summed E-state index contributed by atoms with van der Waals surface area (Å²) in [6.07, 6.45) is 2.14. The van der Waals surface area contributed by atoms with Gasteiger partial charge in [0.2, 0.25) is 0 Å². The molecule has 1 atom stereocenters. The minimum atomic E-state index is -0.334. The van der Waals surface area contributed by atoms with Crippen molar-refractivity contribution in [2.45, 2.75) is 19.4 Å². The van der Waals surface area contributed by atoms with Crippen LogP contribution in [0.1, 0.15) is 12.8 Å². The number of piperidine rings is 1. The molecule has 0 amide bonds. The average Bonchev–Trinajstić information content (AvgIpc) is 2.88. The average molecular weight is 460 g/mol. The molecule has 1 aromatic heterocycles. The lowest BCUT2D eigenvalue weighted by Crippen LogP contribution is -2.35. The molecule has 4 aromatic rings. The summed E-state index contributed by atoms with van der Waals surface area (Å²) in [5, 5.41) is 3.90. The van der Waals surface area contributed by atoms with Crippen molar-refractivity contribution in [2.75, 3.05) is 20.2 Å². The van der Waals surface area contributed by atoms with Gasteiger partial charge < -0.3 is 14.8 Å². The van der Waals surface area contributed by atoms with Crippen molar-refractivity contribution in [1.29, 1.82) is 0 Å². The SMILES string of the molecule is COc1ccccc1-c1nc2ccc(Oc3ccc(F)cc3)cc2c(=O)n1CC1CCCNC1. The molecule has 1 aliphatic heterocycles. The predicted octanol–water partition coefficient (Wildman–Crippen LogP) is 5.00. The molecule has 3 aromatic carbocycles. The molecule has 174 valence electrons. The smallest absolute Gasteiger partial charge is 0.261 e. The molecule has 0 radical (unpaired) electrons. The van der Waals surface area contributed by atoms with Crippen LogP contribution in [0.4, 0.5) is 4.39 Å². The highest BCUT2D eigenvalue weighted by Crippen LogP contribution is 2.31. The number of hydrogen-bond donors (Lipinski definition) is 1. The van der Waals surface area contributed by atoms with Crippen molar-refractivity contribution in [3.8, 4) is 28.6 Å². The number of methoxy groups -OCH3 is 1. The number of nitrogens with zero attached hydrogens (tertiary/aromatic N) is 2. The molecule has 0 saturated carbocycles. The van der Waals surface area contributed by atoms with E-state index in [9.17, 15) is 9.18 Å². The predicted molar refractivity (Wildman–Crippen MR) is 130 cm³/mol. The van der Waals surface area contributed by atoms with Crippen molar-refractivity contribution >= 4 is 10.9 Å². The van der Waals surface area contributed by atoms with E-state index < -0.39 is 0 Å². The molecule has 1 aliphatic rings. The summed E-state index contributed by atoms with van der Waals surface area (Å²) in [7, 11) is 1.62. The second-order valence-electron chi connectivity index (χ2n) is 8.50. The lowest BCUT2D eigenvalue weighted by molar-refractivity contribution is 0.334. The summed E-state index contributed by atoms with van der Waals surface area (Å²) in [6, 6.07) is 18.6. The minimum absolute atomic E-state index is 0.124. The number of aromatic nitrogens is 2. The van der Waals surface area contributed by atoms with Crippen molar-refractivity contribution in [3.63, 3.8) is 0 Å². The summed E-state index contributed by atoms with van der Waals surface area (Å²) in [6.45, 7) is 2.43. The molecule has 1 unspecified atom stereocenters. The second kappa shape index (κ2) is 9.65. The third-order valence-electron chi connectivity index (χ3n) is 6.16. The van der Waals surface area contributed by atoms with Crippen molar-refractivity contribution < 1.29 is 13.9 Å². The van der Waals surface area contributed by atoms with Crippen LogP contribution in [0.5, 0.6) is 17.2 Å². The lowest BCUT2D eigenvalue weighted by Gasteiger charge is -2.25. The van der Waals surface area contributed by atoms with Crippen LogP contribution in [0.25, 0.3) is 22.3 Å². The minimum Gasteiger partial charge on any atom is -0.496 e. The van der Waals surface area contributed by atoms with Crippen LogP contribution in [0.3, 0.4) is 0 Å². The molecule has 0 bridgehead atoms. The van der Waals surface area contributed by atoms with Gasteiger partial charge >= 0.3 is 0 Å². The van der Waals surface area contributed by atoms with Gasteiger partial charge in [0, 0.05) is 6.54 Å². The second-order valence-corrected chi connectivity index (χ2v) is 8.50. The topological polar surface area (TPSA) is 65.4 Å². The molecule has 1 fully saturated rings. The van der Waals surface area contributed by atoms with Gasteiger partial charge in [-0.25, -0.2) is 9.37 Å². The molecule has 0 aliphatic carbocycles.